The van der Waals surface area contributed by atoms with Crippen molar-refractivity contribution in [2.45, 2.75) is 18.4 Å². The van der Waals surface area contributed by atoms with Crippen LogP contribution in [0.25, 0.3) is 23.1 Å². The van der Waals surface area contributed by atoms with Crippen LogP contribution in [0.4, 0.5) is 8.78 Å². The van der Waals surface area contributed by atoms with E-state index < -0.39 is 43.3 Å². The van der Waals surface area contributed by atoms with Crippen molar-refractivity contribution in [3.63, 3.8) is 0 Å². The summed E-state index contributed by atoms with van der Waals surface area (Å²) in [7, 11) is 0. The number of benzene rings is 1. The molecule has 1 unspecified atom stereocenters. The Morgan fingerprint density at radius 3 is 2.88 bits per heavy atom. The first-order valence-corrected chi connectivity index (χ1v) is 9.91. The number of fused-ring (bicyclic) bond motifs is 1. The summed E-state index contributed by atoms with van der Waals surface area (Å²) >= 11 is 0. The number of likely N-dealkylation sites (tertiary alicyclic amines) is 1. The minimum atomic E-state index is -3.11. The molecule has 1 aliphatic heterocycles. The molecule has 7 nitrogen and oxygen atoms in total. The molecule has 1 aromatic carbocycles. The number of aromatic nitrogens is 2. The average molecular weight is 435 g/mol. The number of para-hydroxylation sites is 1. The number of rotatable bonds is 5. The van der Waals surface area contributed by atoms with Crippen LogP contribution < -0.4 is 5.32 Å². The van der Waals surface area contributed by atoms with Gasteiger partial charge in [-0.25, -0.2) is 8.78 Å². The van der Waals surface area contributed by atoms with Gasteiger partial charge >= 0.3 is 0 Å². The zero-order chi connectivity index (χ0) is 22.7. The lowest BCUT2D eigenvalue weighted by Gasteiger charge is -2.19. The fourth-order valence-corrected chi connectivity index (χ4v) is 3.70. The number of carbonyl (C=O) groups is 2. The molecule has 2 aromatic heterocycles. The lowest BCUT2D eigenvalue weighted by atomic mass is 10.1. The Morgan fingerprint density at radius 1 is 1.28 bits per heavy atom. The Labute approximate surface area is 182 Å². The highest BCUT2D eigenvalue weighted by Crippen LogP contribution is 2.31. The third-order valence-corrected chi connectivity index (χ3v) is 5.30. The van der Waals surface area contributed by atoms with Gasteiger partial charge in [-0.2, -0.15) is 5.26 Å². The molecule has 32 heavy (non-hydrogen) atoms. The quantitative estimate of drug-likeness (QED) is 0.642. The molecule has 4 rings (SSSR count). The normalized spacial score (nSPS) is 17.5. The smallest absolute Gasteiger partial charge is 0.268 e. The van der Waals surface area contributed by atoms with Crippen LogP contribution in [0.3, 0.4) is 0 Å². The molecule has 1 saturated heterocycles. The molecule has 0 radical (unpaired) electrons. The third kappa shape index (κ3) is 4.34. The molecule has 1 atom stereocenters. The minimum absolute atomic E-state index is 0.285. The van der Waals surface area contributed by atoms with Gasteiger partial charge in [-0.1, -0.05) is 30.4 Å². The number of hydrogen-bond acceptors (Lipinski definition) is 4. The van der Waals surface area contributed by atoms with Crippen molar-refractivity contribution in [3.8, 4) is 6.07 Å². The Morgan fingerprint density at radius 2 is 2.06 bits per heavy atom. The summed E-state index contributed by atoms with van der Waals surface area (Å²) in [6, 6.07) is 9.82. The number of pyridine rings is 1. The maximum atomic E-state index is 13.6. The number of alkyl halides is 2. The van der Waals surface area contributed by atoms with Gasteiger partial charge in [-0.3, -0.25) is 14.6 Å². The van der Waals surface area contributed by atoms with E-state index in [1.807, 2.05) is 36.5 Å². The van der Waals surface area contributed by atoms with E-state index in [2.05, 4.69) is 15.3 Å². The average Bonchev–Trinajstić information content (AvgIpc) is 3.35. The lowest BCUT2D eigenvalue weighted by Crippen LogP contribution is -2.43. The maximum absolute atomic E-state index is 13.6. The molecule has 3 aromatic rings. The van der Waals surface area contributed by atoms with Crippen LogP contribution in [0.1, 0.15) is 27.9 Å². The second-order valence-electron chi connectivity index (χ2n) is 7.50. The van der Waals surface area contributed by atoms with E-state index in [-0.39, 0.29) is 5.56 Å². The number of halogens is 2. The van der Waals surface area contributed by atoms with Crippen LogP contribution in [-0.2, 0) is 4.79 Å². The van der Waals surface area contributed by atoms with Crippen LogP contribution in [0.5, 0.6) is 0 Å². The van der Waals surface area contributed by atoms with Gasteiger partial charge in [0.25, 0.3) is 11.8 Å². The van der Waals surface area contributed by atoms with Crippen molar-refractivity contribution in [1.29, 1.82) is 5.26 Å². The molecule has 1 aliphatic rings. The molecule has 1 fully saturated rings. The zero-order valence-corrected chi connectivity index (χ0v) is 16.9. The second kappa shape index (κ2) is 8.59. The van der Waals surface area contributed by atoms with Crippen molar-refractivity contribution >= 4 is 34.9 Å². The molecule has 0 saturated carbocycles. The molecule has 3 heterocycles. The summed E-state index contributed by atoms with van der Waals surface area (Å²) in [6.45, 7) is -1.31. The summed E-state index contributed by atoms with van der Waals surface area (Å²) in [4.78, 5) is 33.0. The molecule has 0 aliphatic carbocycles. The fourth-order valence-electron chi connectivity index (χ4n) is 3.70. The van der Waals surface area contributed by atoms with Crippen molar-refractivity contribution in [2.75, 3.05) is 13.1 Å². The zero-order valence-electron chi connectivity index (χ0n) is 16.9. The van der Waals surface area contributed by atoms with Crippen LogP contribution in [0.15, 0.2) is 48.9 Å². The van der Waals surface area contributed by atoms with Crippen molar-refractivity contribution < 1.29 is 18.4 Å². The number of aromatic amines is 1. The van der Waals surface area contributed by atoms with Crippen molar-refractivity contribution in [1.82, 2.24) is 20.2 Å². The molecule has 9 heteroatoms. The largest absolute Gasteiger partial charge is 0.361 e. The van der Waals surface area contributed by atoms with E-state index in [1.54, 1.807) is 12.1 Å². The third-order valence-electron chi connectivity index (χ3n) is 5.30. The van der Waals surface area contributed by atoms with Gasteiger partial charge in [0.15, 0.2) is 0 Å². The predicted molar refractivity (Wildman–Crippen MR) is 114 cm³/mol. The predicted octanol–water partition coefficient (Wildman–Crippen LogP) is 3.22. The Balaban J connectivity index is 1.46. The maximum Gasteiger partial charge on any atom is 0.268 e. The van der Waals surface area contributed by atoms with Gasteiger partial charge in [0.05, 0.1) is 19.2 Å². The van der Waals surface area contributed by atoms with E-state index in [1.165, 1.54) is 18.5 Å². The van der Waals surface area contributed by atoms with E-state index in [0.29, 0.717) is 5.56 Å². The first kappa shape index (κ1) is 21.2. The number of hydrogen-bond donors (Lipinski definition) is 2. The van der Waals surface area contributed by atoms with Crippen LogP contribution in [-0.4, -0.2) is 51.7 Å². The number of H-pyrrole nitrogens is 1. The molecular weight excluding hydrogens is 416 g/mol. The van der Waals surface area contributed by atoms with Crippen molar-refractivity contribution in [3.05, 3.63) is 65.6 Å². The summed E-state index contributed by atoms with van der Waals surface area (Å²) in [5.41, 5.74) is 2.74. The van der Waals surface area contributed by atoms with Gasteiger partial charge in [-0.15, -0.1) is 0 Å². The van der Waals surface area contributed by atoms with Crippen molar-refractivity contribution in [2.24, 2.45) is 0 Å². The standard InChI is InChI=1S/C23H19F2N5O2/c24-23(25)9-17(10-26)30(14-23)21(31)13-29-22(32)19-7-8-27-11-15(19)5-6-16-12-28-20-4-2-1-3-18(16)20/h1-8,11-12,17,28H,9,13-14H2,(H,29,32)/b6-5+. The van der Waals surface area contributed by atoms with E-state index >= 15 is 0 Å². The van der Waals surface area contributed by atoms with Gasteiger partial charge in [-0.05, 0) is 17.7 Å². The number of nitrogens with zero attached hydrogens (tertiary/aromatic N) is 3. The van der Waals surface area contributed by atoms with Gasteiger partial charge < -0.3 is 15.2 Å². The van der Waals surface area contributed by atoms with Gasteiger partial charge in [0.1, 0.15) is 6.04 Å². The van der Waals surface area contributed by atoms with Crippen LogP contribution in [0.2, 0.25) is 0 Å². The number of carbonyl (C=O) groups excluding carboxylic acids is 2. The molecule has 162 valence electrons. The summed E-state index contributed by atoms with van der Waals surface area (Å²) in [6.07, 6.45) is 7.72. The fraction of sp³-hybridized carbons (Fsp3) is 0.217. The molecule has 2 amide bonds. The monoisotopic (exact) mass is 435 g/mol. The van der Waals surface area contributed by atoms with Crippen LogP contribution in [0, 0.1) is 11.3 Å². The summed E-state index contributed by atoms with van der Waals surface area (Å²) < 4.78 is 27.1. The molecule has 2 N–H and O–H groups in total. The highest BCUT2D eigenvalue weighted by molar-refractivity contribution is 6.01. The molecule has 0 bridgehead atoms. The summed E-state index contributed by atoms with van der Waals surface area (Å²) in [5, 5.41) is 12.5. The lowest BCUT2D eigenvalue weighted by molar-refractivity contribution is -0.131. The molecule has 0 spiro atoms. The van der Waals surface area contributed by atoms with Gasteiger partial charge in [0, 0.05) is 47.0 Å². The highest BCUT2D eigenvalue weighted by Gasteiger charge is 2.47. The van der Waals surface area contributed by atoms with Crippen LogP contribution >= 0.6 is 0 Å². The van der Waals surface area contributed by atoms with E-state index in [9.17, 15) is 18.4 Å². The Kier molecular flexibility index (Phi) is 5.69. The number of nitriles is 1. The minimum Gasteiger partial charge on any atom is -0.361 e. The van der Waals surface area contributed by atoms with Gasteiger partial charge in [0.2, 0.25) is 5.91 Å². The number of nitrogens with one attached hydrogen (secondary N) is 2. The first-order chi connectivity index (χ1) is 15.4. The highest BCUT2D eigenvalue weighted by atomic mass is 19.3. The topological polar surface area (TPSA) is 102 Å². The number of amides is 2. The summed E-state index contributed by atoms with van der Waals surface area (Å²) in [5.74, 6) is -4.38. The Bertz CT molecular complexity index is 1240. The SMILES string of the molecule is N#CC1CC(F)(F)CN1C(=O)CNC(=O)c1ccncc1/C=C/c1c[nH]c2ccccc12. The van der Waals surface area contributed by atoms with E-state index in [4.69, 9.17) is 5.26 Å². The second-order valence-corrected chi connectivity index (χ2v) is 7.50. The van der Waals surface area contributed by atoms with E-state index in [0.717, 1.165) is 21.4 Å². The first-order valence-electron chi connectivity index (χ1n) is 9.91. The molecular formula is C23H19F2N5O2. The Hall–Kier alpha value is -4.06.